The summed E-state index contributed by atoms with van der Waals surface area (Å²) in [5.74, 6) is 0. The van der Waals surface area contributed by atoms with E-state index in [0.29, 0.717) is 6.04 Å². The van der Waals surface area contributed by atoms with Gasteiger partial charge in [-0.3, -0.25) is 9.88 Å². The summed E-state index contributed by atoms with van der Waals surface area (Å²) in [5.41, 5.74) is 2.61. The maximum Gasteiger partial charge on any atom is 0.0313 e. The Balaban J connectivity index is 1.91. The van der Waals surface area contributed by atoms with Crippen molar-refractivity contribution in [2.24, 2.45) is 0 Å². The van der Waals surface area contributed by atoms with Crippen molar-refractivity contribution in [1.29, 1.82) is 0 Å². The molecule has 1 aromatic heterocycles. The van der Waals surface area contributed by atoms with Crippen molar-refractivity contribution in [3.8, 4) is 0 Å². The van der Waals surface area contributed by atoms with Crippen LogP contribution < -0.4 is 5.32 Å². The summed E-state index contributed by atoms with van der Waals surface area (Å²) in [5, 5.41) is 3.57. The Morgan fingerprint density at radius 3 is 3.05 bits per heavy atom. The molecule has 1 saturated heterocycles. The van der Waals surface area contributed by atoms with E-state index in [2.05, 4.69) is 35.1 Å². The van der Waals surface area contributed by atoms with E-state index in [-0.39, 0.29) is 0 Å². The molecule has 1 aliphatic heterocycles. The van der Waals surface area contributed by atoms with Gasteiger partial charge in [-0.15, -0.1) is 0 Å². The van der Waals surface area contributed by atoms with Gasteiger partial charge in [-0.05, 0) is 50.4 Å². The average molecular weight is 261 g/mol. The van der Waals surface area contributed by atoms with Crippen LogP contribution in [0.1, 0.15) is 43.7 Å². The second-order valence-corrected chi connectivity index (χ2v) is 5.69. The van der Waals surface area contributed by atoms with Gasteiger partial charge in [0.2, 0.25) is 0 Å². The molecule has 1 unspecified atom stereocenters. The van der Waals surface area contributed by atoms with Crippen LogP contribution in [0.25, 0.3) is 0 Å². The molecule has 19 heavy (non-hydrogen) atoms. The van der Waals surface area contributed by atoms with Crippen molar-refractivity contribution in [2.45, 2.75) is 52.1 Å². The molecule has 2 rings (SSSR count). The lowest BCUT2D eigenvalue weighted by Gasteiger charge is -2.36. The molecule has 3 nitrogen and oxygen atoms in total. The van der Waals surface area contributed by atoms with Crippen molar-refractivity contribution in [2.75, 3.05) is 19.6 Å². The first-order valence-corrected chi connectivity index (χ1v) is 7.65. The third-order valence-electron chi connectivity index (χ3n) is 3.87. The molecule has 1 aromatic rings. The number of aryl methyl sites for hydroxylation is 1. The predicted octanol–water partition coefficient (Wildman–Crippen LogP) is 2.74. The summed E-state index contributed by atoms with van der Waals surface area (Å²) in [7, 11) is 0. The molecule has 0 aromatic carbocycles. The molecule has 1 atom stereocenters. The molecule has 0 aliphatic carbocycles. The van der Waals surface area contributed by atoms with Crippen LogP contribution in [0, 0.1) is 6.92 Å². The standard InChI is InChI=1S/C16H27N3/c1-3-7-17-12-16-6-4-5-8-19(16)13-15-9-14(2)10-18-11-15/h9-11,16-17H,3-8,12-13H2,1-2H3. The van der Waals surface area contributed by atoms with Gasteiger partial charge in [0, 0.05) is 31.5 Å². The Morgan fingerprint density at radius 1 is 1.37 bits per heavy atom. The maximum absolute atomic E-state index is 4.31. The minimum Gasteiger partial charge on any atom is -0.315 e. The molecule has 3 heteroatoms. The molecule has 106 valence electrons. The summed E-state index contributed by atoms with van der Waals surface area (Å²) < 4.78 is 0. The van der Waals surface area contributed by atoms with Crippen LogP contribution in [0.3, 0.4) is 0 Å². The highest BCUT2D eigenvalue weighted by molar-refractivity contribution is 5.16. The van der Waals surface area contributed by atoms with Crippen LogP contribution >= 0.6 is 0 Å². The molecule has 0 spiro atoms. The second-order valence-electron chi connectivity index (χ2n) is 5.69. The van der Waals surface area contributed by atoms with Gasteiger partial charge in [-0.25, -0.2) is 0 Å². The van der Waals surface area contributed by atoms with Gasteiger partial charge in [-0.2, -0.15) is 0 Å². The molecule has 2 heterocycles. The zero-order valence-electron chi connectivity index (χ0n) is 12.4. The summed E-state index contributed by atoms with van der Waals surface area (Å²) >= 11 is 0. The van der Waals surface area contributed by atoms with Gasteiger partial charge in [0.1, 0.15) is 0 Å². The smallest absolute Gasteiger partial charge is 0.0313 e. The molecule has 1 N–H and O–H groups in total. The van der Waals surface area contributed by atoms with E-state index in [0.717, 1.165) is 19.6 Å². The van der Waals surface area contributed by atoms with Gasteiger partial charge in [0.25, 0.3) is 0 Å². The fourth-order valence-corrected chi connectivity index (χ4v) is 2.88. The number of rotatable bonds is 6. The highest BCUT2D eigenvalue weighted by Crippen LogP contribution is 2.19. The van der Waals surface area contributed by atoms with Crippen molar-refractivity contribution in [1.82, 2.24) is 15.2 Å². The highest BCUT2D eigenvalue weighted by Gasteiger charge is 2.21. The van der Waals surface area contributed by atoms with Crippen LogP contribution in [0.15, 0.2) is 18.5 Å². The van der Waals surface area contributed by atoms with E-state index in [1.807, 2.05) is 12.4 Å². The summed E-state index contributed by atoms with van der Waals surface area (Å²) in [6.07, 6.45) is 9.20. The van der Waals surface area contributed by atoms with Crippen molar-refractivity contribution in [3.63, 3.8) is 0 Å². The summed E-state index contributed by atoms with van der Waals surface area (Å²) in [4.78, 5) is 6.94. The Labute approximate surface area is 117 Å². The van der Waals surface area contributed by atoms with Crippen molar-refractivity contribution >= 4 is 0 Å². The minimum absolute atomic E-state index is 0.695. The topological polar surface area (TPSA) is 28.2 Å². The molecule has 1 fully saturated rings. The Kier molecular flexibility index (Phi) is 5.80. The third kappa shape index (κ3) is 4.59. The Hall–Kier alpha value is -0.930. The lowest BCUT2D eigenvalue weighted by Crippen LogP contribution is -2.45. The quantitative estimate of drug-likeness (QED) is 0.798. The molecule has 0 saturated carbocycles. The van der Waals surface area contributed by atoms with Gasteiger partial charge in [-0.1, -0.05) is 19.4 Å². The first-order valence-electron chi connectivity index (χ1n) is 7.65. The van der Waals surface area contributed by atoms with E-state index in [9.17, 15) is 0 Å². The predicted molar refractivity (Wildman–Crippen MR) is 80.2 cm³/mol. The first-order chi connectivity index (χ1) is 9.29. The van der Waals surface area contributed by atoms with Gasteiger partial charge in [0.05, 0.1) is 0 Å². The number of nitrogens with one attached hydrogen (secondary N) is 1. The van der Waals surface area contributed by atoms with Crippen molar-refractivity contribution < 1.29 is 0 Å². The molecule has 0 amide bonds. The summed E-state index contributed by atoms with van der Waals surface area (Å²) in [6.45, 7) is 8.89. The second kappa shape index (κ2) is 7.61. The molecule has 1 aliphatic rings. The van der Waals surface area contributed by atoms with Gasteiger partial charge < -0.3 is 5.32 Å². The van der Waals surface area contributed by atoms with E-state index in [1.165, 1.54) is 43.4 Å². The maximum atomic E-state index is 4.31. The van der Waals surface area contributed by atoms with Gasteiger partial charge in [0.15, 0.2) is 0 Å². The van der Waals surface area contributed by atoms with Crippen LogP contribution in [0.4, 0.5) is 0 Å². The Bertz CT molecular complexity index is 378. The molecule has 0 radical (unpaired) electrons. The van der Waals surface area contributed by atoms with E-state index in [4.69, 9.17) is 0 Å². The fourth-order valence-electron chi connectivity index (χ4n) is 2.88. The number of pyridine rings is 1. The number of likely N-dealkylation sites (tertiary alicyclic amines) is 1. The first kappa shape index (κ1) is 14.5. The monoisotopic (exact) mass is 261 g/mol. The lowest BCUT2D eigenvalue weighted by molar-refractivity contribution is 0.137. The minimum atomic E-state index is 0.695. The number of aromatic nitrogens is 1. The van der Waals surface area contributed by atoms with E-state index in [1.54, 1.807) is 0 Å². The molecular weight excluding hydrogens is 234 g/mol. The number of hydrogen-bond acceptors (Lipinski definition) is 3. The molecule has 0 bridgehead atoms. The van der Waals surface area contributed by atoms with Crippen LogP contribution in [-0.2, 0) is 6.54 Å². The SMILES string of the molecule is CCCNCC1CCCCN1Cc1cncc(C)c1. The largest absolute Gasteiger partial charge is 0.315 e. The van der Waals surface area contributed by atoms with Crippen molar-refractivity contribution in [3.05, 3.63) is 29.6 Å². The fraction of sp³-hybridized carbons (Fsp3) is 0.688. The van der Waals surface area contributed by atoms with E-state index < -0.39 is 0 Å². The van der Waals surface area contributed by atoms with Crippen LogP contribution in [0.5, 0.6) is 0 Å². The number of nitrogens with zero attached hydrogens (tertiary/aromatic N) is 2. The Morgan fingerprint density at radius 2 is 2.26 bits per heavy atom. The normalized spacial score (nSPS) is 20.6. The zero-order chi connectivity index (χ0) is 13.5. The third-order valence-corrected chi connectivity index (χ3v) is 3.87. The summed E-state index contributed by atoms with van der Waals surface area (Å²) in [6, 6.07) is 2.96. The number of piperidine rings is 1. The number of hydrogen-bond donors (Lipinski definition) is 1. The van der Waals surface area contributed by atoms with Crippen LogP contribution in [-0.4, -0.2) is 35.6 Å². The van der Waals surface area contributed by atoms with Crippen LogP contribution in [0.2, 0.25) is 0 Å². The van der Waals surface area contributed by atoms with Gasteiger partial charge >= 0.3 is 0 Å². The average Bonchev–Trinajstić information content (AvgIpc) is 2.41. The zero-order valence-corrected chi connectivity index (χ0v) is 12.4. The van der Waals surface area contributed by atoms with E-state index >= 15 is 0 Å². The lowest BCUT2D eigenvalue weighted by atomic mass is 10.0. The highest BCUT2D eigenvalue weighted by atomic mass is 15.2. The molecular formula is C16H27N3.